The Labute approximate surface area is 153 Å². The second-order valence-electron chi connectivity index (χ2n) is 5.37. The van der Waals surface area contributed by atoms with Gasteiger partial charge in [-0.15, -0.1) is 0 Å². The maximum absolute atomic E-state index is 12.8. The Kier molecular flexibility index (Phi) is 4.61. The Morgan fingerprint density at radius 2 is 1.68 bits per heavy atom. The molecule has 1 heterocycles. The van der Waals surface area contributed by atoms with Gasteiger partial charge in [0.2, 0.25) is 5.91 Å². The van der Waals surface area contributed by atoms with Gasteiger partial charge in [-0.05, 0) is 35.9 Å². The minimum Gasteiger partial charge on any atom is -0.326 e. The summed E-state index contributed by atoms with van der Waals surface area (Å²) in [4.78, 5) is 37.3. The van der Waals surface area contributed by atoms with Gasteiger partial charge in [0.25, 0.3) is 11.8 Å². The largest absolute Gasteiger partial charge is 0.326 e. The normalized spacial score (nSPS) is 14.3. The third-order valence-electron chi connectivity index (χ3n) is 3.59. The van der Waals surface area contributed by atoms with Crippen molar-refractivity contribution in [3.8, 4) is 0 Å². The van der Waals surface area contributed by atoms with Crippen LogP contribution in [0.2, 0.25) is 5.02 Å². The maximum Gasteiger partial charge on any atom is 0.277 e. The highest BCUT2D eigenvalue weighted by atomic mass is 35.5. The molecular formula is C18H12Cl2N2O3. The summed E-state index contributed by atoms with van der Waals surface area (Å²) in [5.74, 6) is -1.33. The molecule has 5 nitrogen and oxygen atoms in total. The van der Waals surface area contributed by atoms with E-state index in [4.69, 9.17) is 23.2 Å². The van der Waals surface area contributed by atoms with E-state index in [1.807, 2.05) is 0 Å². The molecule has 2 aromatic rings. The van der Waals surface area contributed by atoms with Gasteiger partial charge in [-0.2, -0.15) is 0 Å². The van der Waals surface area contributed by atoms with Crippen molar-refractivity contribution in [2.24, 2.45) is 0 Å². The van der Waals surface area contributed by atoms with Gasteiger partial charge >= 0.3 is 0 Å². The van der Waals surface area contributed by atoms with Gasteiger partial charge in [-0.3, -0.25) is 14.4 Å². The second kappa shape index (κ2) is 6.70. The van der Waals surface area contributed by atoms with Crippen LogP contribution in [0.3, 0.4) is 0 Å². The molecule has 0 aliphatic carbocycles. The first-order chi connectivity index (χ1) is 11.9. The van der Waals surface area contributed by atoms with Crippen LogP contribution in [0.25, 0.3) is 5.57 Å². The fraction of sp³-hybridized carbons (Fsp3) is 0.0556. The van der Waals surface area contributed by atoms with E-state index in [1.54, 1.807) is 42.5 Å². The van der Waals surface area contributed by atoms with E-state index in [0.29, 0.717) is 22.0 Å². The number of carbonyl (C=O) groups excluding carboxylic acids is 3. The van der Waals surface area contributed by atoms with Gasteiger partial charge in [-0.25, -0.2) is 4.90 Å². The molecule has 0 radical (unpaired) electrons. The number of amides is 3. The number of benzene rings is 2. The lowest BCUT2D eigenvalue weighted by Gasteiger charge is -2.15. The van der Waals surface area contributed by atoms with Crippen molar-refractivity contribution in [2.45, 2.75) is 6.92 Å². The molecule has 25 heavy (non-hydrogen) atoms. The van der Waals surface area contributed by atoms with Crippen LogP contribution < -0.4 is 10.2 Å². The number of halogens is 2. The lowest BCUT2D eigenvalue weighted by atomic mass is 10.1. The van der Waals surface area contributed by atoms with E-state index in [9.17, 15) is 14.4 Å². The first kappa shape index (κ1) is 17.2. The van der Waals surface area contributed by atoms with Crippen molar-refractivity contribution in [3.05, 3.63) is 64.1 Å². The average molecular weight is 375 g/mol. The highest BCUT2D eigenvalue weighted by Crippen LogP contribution is 2.35. The minimum absolute atomic E-state index is 0.112. The van der Waals surface area contributed by atoms with Crippen molar-refractivity contribution in [2.75, 3.05) is 10.2 Å². The first-order valence-electron chi connectivity index (χ1n) is 7.30. The molecule has 0 bridgehead atoms. The lowest BCUT2D eigenvalue weighted by Crippen LogP contribution is -2.31. The highest BCUT2D eigenvalue weighted by Gasteiger charge is 2.39. The predicted molar refractivity (Wildman–Crippen MR) is 97.5 cm³/mol. The van der Waals surface area contributed by atoms with E-state index >= 15 is 0 Å². The van der Waals surface area contributed by atoms with Crippen LogP contribution in [0.5, 0.6) is 0 Å². The fourth-order valence-corrected chi connectivity index (χ4v) is 2.99. The van der Waals surface area contributed by atoms with Crippen LogP contribution in [-0.2, 0) is 14.4 Å². The zero-order valence-corrected chi connectivity index (χ0v) is 14.6. The summed E-state index contributed by atoms with van der Waals surface area (Å²) in [6.45, 7) is 1.40. The molecule has 0 saturated carbocycles. The van der Waals surface area contributed by atoms with Crippen LogP contribution in [-0.4, -0.2) is 17.7 Å². The van der Waals surface area contributed by atoms with Gasteiger partial charge in [-0.1, -0.05) is 41.4 Å². The van der Waals surface area contributed by atoms with E-state index in [-0.39, 0.29) is 16.5 Å². The molecule has 1 N–H and O–H groups in total. The Morgan fingerprint density at radius 3 is 2.28 bits per heavy atom. The molecule has 0 spiro atoms. The fourth-order valence-electron chi connectivity index (χ4n) is 2.53. The van der Waals surface area contributed by atoms with Crippen LogP contribution in [0.1, 0.15) is 12.5 Å². The van der Waals surface area contributed by atoms with E-state index < -0.39 is 11.8 Å². The minimum atomic E-state index is -0.602. The molecule has 1 aliphatic heterocycles. The van der Waals surface area contributed by atoms with Crippen LogP contribution in [0.15, 0.2) is 53.6 Å². The van der Waals surface area contributed by atoms with Gasteiger partial charge in [0, 0.05) is 17.6 Å². The molecule has 2 aromatic carbocycles. The number of anilines is 2. The molecule has 0 unspecified atom stereocenters. The Balaban J connectivity index is 1.96. The molecule has 126 valence electrons. The number of nitrogens with one attached hydrogen (secondary N) is 1. The van der Waals surface area contributed by atoms with Crippen molar-refractivity contribution in [1.82, 2.24) is 0 Å². The average Bonchev–Trinajstić information content (AvgIpc) is 2.78. The van der Waals surface area contributed by atoms with Crippen LogP contribution in [0, 0.1) is 0 Å². The molecule has 0 fully saturated rings. The molecule has 3 rings (SSSR count). The van der Waals surface area contributed by atoms with Gasteiger partial charge in [0.15, 0.2) is 0 Å². The zero-order chi connectivity index (χ0) is 18.1. The summed E-state index contributed by atoms with van der Waals surface area (Å²) >= 11 is 12.1. The van der Waals surface area contributed by atoms with E-state index in [2.05, 4.69) is 5.32 Å². The zero-order valence-electron chi connectivity index (χ0n) is 13.0. The van der Waals surface area contributed by atoms with E-state index in [0.717, 1.165) is 4.90 Å². The number of rotatable bonds is 3. The smallest absolute Gasteiger partial charge is 0.277 e. The monoisotopic (exact) mass is 374 g/mol. The molecule has 7 heteroatoms. The Hall–Kier alpha value is -2.63. The van der Waals surface area contributed by atoms with Crippen LogP contribution in [0.4, 0.5) is 11.4 Å². The van der Waals surface area contributed by atoms with Crippen molar-refractivity contribution in [3.63, 3.8) is 0 Å². The number of nitrogens with zero attached hydrogens (tertiary/aromatic N) is 1. The molecule has 1 aliphatic rings. The number of hydrogen-bond acceptors (Lipinski definition) is 3. The van der Waals surface area contributed by atoms with Crippen LogP contribution >= 0.6 is 23.2 Å². The summed E-state index contributed by atoms with van der Waals surface area (Å²) < 4.78 is 0. The SMILES string of the molecule is CC(=O)Nc1ccc(C2=C(Cl)C(=O)N(c3cccc(Cl)c3)C2=O)cc1. The van der Waals surface area contributed by atoms with Crippen molar-refractivity contribution in [1.29, 1.82) is 0 Å². The highest BCUT2D eigenvalue weighted by molar-refractivity contribution is 6.60. The predicted octanol–water partition coefficient (Wildman–Crippen LogP) is 3.82. The third-order valence-corrected chi connectivity index (χ3v) is 4.17. The topological polar surface area (TPSA) is 66.5 Å². The third kappa shape index (κ3) is 3.29. The van der Waals surface area contributed by atoms with Gasteiger partial charge < -0.3 is 5.32 Å². The maximum atomic E-state index is 12.8. The summed E-state index contributed by atoms with van der Waals surface area (Å²) in [5.41, 5.74) is 1.53. The van der Waals surface area contributed by atoms with Gasteiger partial charge in [0.1, 0.15) is 5.03 Å². The van der Waals surface area contributed by atoms with Gasteiger partial charge in [0.05, 0.1) is 11.3 Å². The molecular weight excluding hydrogens is 363 g/mol. The van der Waals surface area contributed by atoms with Crippen molar-refractivity contribution >= 4 is 57.9 Å². The summed E-state index contributed by atoms with van der Waals surface area (Å²) in [6.07, 6.45) is 0. The standard InChI is InChI=1S/C18H12Cl2N2O3/c1-10(23)21-13-7-5-11(6-8-13)15-16(20)18(25)22(17(15)24)14-4-2-3-12(19)9-14/h2-9H,1H3,(H,21,23). The molecule has 3 amide bonds. The Morgan fingerprint density at radius 1 is 1.00 bits per heavy atom. The first-order valence-corrected chi connectivity index (χ1v) is 8.06. The summed E-state index contributed by atoms with van der Waals surface area (Å²) in [5, 5.41) is 2.88. The molecule has 0 atom stereocenters. The Bertz CT molecular complexity index is 920. The van der Waals surface area contributed by atoms with Crippen molar-refractivity contribution < 1.29 is 14.4 Å². The number of hydrogen-bond donors (Lipinski definition) is 1. The number of imide groups is 1. The summed E-state index contributed by atoms with van der Waals surface area (Å²) in [6, 6.07) is 12.9. The quantitative estimate of drug-likeness (QED) is 0.830. The second-order valence-corrected chi connectivity index (χ2v) is 6.19. The van der Waals surface area contributed by atoms with E-state index in [1.165, 1.54) is 13.0 Å². The molecule has 0 saturated heterocycles. The number of carbonyl (C=O) groups is 3. The lowest BCUT2D eigenvalue weighted by molar-refractivity contribution is -0.120. The molecule has 0 aromatic heterocycles. The summed E-state index contributed by atoms with van der Waals surface area (Å²) in [7, 11) is 0.